The minimum atomic E-state index is 1.18. The van der Waals surface area contributed by atoms with E-state index in [0.29, 0.717) is 0 Å². The van der Waals surface area contributed by atoms with Crippen molar-refractivity contribution >= 4 is 0 Å². The summed E-state index contributed by atoms with van der Waals surface area (Å²) in [5, 5.41) is 3.43. The van der Waals surface area contributed by atoms with Crippen LogP contribution in [0.2, 0.25) is 0 Å². The molecule has 63 valence electrons. The molecule has 0 amide bonds. The van der Waals surface area contributed by atoms with Crippen LogP contribution in [0.3, 0.4) is 0 Å². The Labute approximate surface area is 69.0 Å². The zero-order valence-corrected chi connectivity index (χ0v) is 7.10. The van der Waals surface area contributed by atoms with Gasteiger partial charge in [0.2, 0.25) is 0 Å². The summed E-state index contributed by atoms with van der Waals surface area (Å²) in [5.74, 6) is 0. The van der Waals surface area contributed by atoms with E-state index in [-0.39, 0.29) is 0 Å². The molecule has 1 saturated heterocycles. The van der Waals surface area contributed by atoms with Gasteiger partial charge in [0.1, 0.15) is 0 Å². The van der Waals surface area contributed by atoms with Gasteiger partial charge in [0, 0.05) is 25.7 Å². The zero-order chi connectivity index (χ0) is 7.52. The van der Waals surface area contributed by atoms with Crippen LogP contribution in [0.5, 0.6) is 0 Å². The van der Waals surface area contributed by atoms with Crippen LogP contribution in [0.25, 0.3) is 0 Å². The molecular weight excluding hydrogens is 136 g/mol. The Balaban J connectivity index is 1.80. The van der Waals surface area contributed by atoms with Gasteiger partial charge < -0.3 is 5.32 Å². The number of hydrogen-bond donors (Lipinski definition) is 1. The molecule has 1 heterocycles. The van der Waals surface area contributed by atoms with Gasteiger partial charge in [0.15, 0.2) is 0 Å². The van der Waals surface area contributed by atoms with Gasteiger partial charge in [-0.05, 0) is 32.2 Å². The molecule has 11 heavy (non-hydrogen) atoms. The lowest BCUT2D eigenvalue weighted by atomic mass is 9.91. The first-order chi connectivity index (χ1) is 5.47. The minimum absolute atomic E-state index is 1.18. The van der Waals surface area contributed by atoms with Crippen molar-refractivity contribution in [3.8, 4) is 0 Å². The van der Waals surface area contributed by atoms with Crippen LogP contribution in [-0.4, -0.2) is 31.1 Å². The fourth-order valence-electron chi connectivity index (χ4n) is 1.81. The van der Waals surface area contributed by atoms with E-state index >= 15 is 0 Å². The van der Waals surface area contributed by atoms with Crippen molar-refractivity contribution in [2.24, 2.45) is 0 Å². The number of rotatable bonds is 1. The molecule has 0 spiro atoms. The van der Waals surface area contributed by atoms with Gasteiger partial charge in [-0.15, -0.1) is 0 Å². The van der Waals surface area contributed by atoms with E-state index < -0.39 is 0 Å². The van der Waals surface area contributed by atoms with Gasteiger partial charge in [0.25, 0.3) is 0 Å². The molecule has 2 heteroatoms. The predicted octanol–water partition coefficient (Wildman–Crippen LogP) is 0.998. The third-order valence-corrected chi connectivity index (χ3v) is 2.72. The molecule has 2 rings (SSSR count). The average molecular weight is 153 g/mol. The molecule has 0 aromatic carbocycles. The molecule has 1 N–H and O–H groups in total. The zero-order valence-electron chi connectivity index (χ0n) is 7.10. The summed E-state index contributed by atoms with van der Waals surface area (Å²) in [5.41, 5.74) is 0. The number of nitrogens with one attached hydrogen (secondary N) is 1. The van der Waals surface area contributed by atoms with E-state index in [2.05, 4.69) is 10.2 Å². The van der Waals surface area contributed by atoms with Gasteiger partial charge in [-0.2, -0.15) is 0 Å². The fraction of sp³-hybridized carbons (Fsp3) is 0.889. The molecule has 2 fully saturated rings. The van der Waals surface area contributed by atoms with Crippen LogP contribution >= 0.6 is 0 Å². The summed E-state index contributed by atoms with van der Waals surface area (Å²) >= 11 is 0. The second-order valence-corrected chi connectivity index (χ2v) is 3.51. The van der Waals surface area contributed by atoms with Crippen LogP contribution in [0, 0.1) is 6.04 Å². The van der Waals surface area contributed by atoms with Crippen LogP contribution in [0.1, 0.15) is 25.7 Å². The highest BCUT2D eigenvalue weighted by atomic mass is 15.2. The Morgan fingerprint density at radius 3 is 2.64 bits per heavy atom. The standard InChI is InChI=1S/C9H17N2/c1-3-9(4-1)11-7-2-5-10-6-8-11/h10H,1-8H2. The van der Waals surface area contributed by atoms with E-state index in [1.165, 1.54) is 51.9 Å². The summed E-state index contributed by atoms with van der Waals surface area (Å²) < 4.78 is 0. The molecular formula is C9H17N2. The predicted molar refractivity (Wildman–Crippen MR) is 46.2 cm³/mol. The van der Waals surface area contributed by atoms with Crippen molar-refractivity contribution in [1.82, 2.24) is 10.2 Å². The van der Waals surface area contributed by atoms with Gasteiger partial charge in [-0.3, -0.25) is 4.90 Å². The summed E-state index contributed by atoms with van der Waals surface area (Å²) in [6, 6.07) is 1.72. The SMILES string of the molecule is C1C[C](N2CCCNCC2)C1. The maximum Gasteiger partial charge on any atom is 0.0393 e. The Kier molecular flexibility index (Phi) is 2.44. The lowest BCUT2D eigenvalue weighted by Gasteiger charge is -2.35. The Morgan fingerprint density at radius 1 is 1.00 bits per heavy atom. The van der Waals surface area contributed by atoms with E-state index in [0.717, 1.165) is 0 Å². The molecule has 1 radical (unpaired) electrons. The maximum absolute atomic E-state index is 3.43. The molecule has 0 atom stereocenters. The fourth-order valence-corrected chi connectivity index (χ4v) is 1.81. The van der Waals surface area contributed by atoms with Crippen molar-refractivity contribution in [1.29, 1.82) is 0 Å². The summed E-state index contributed by atoms with van der Waals surface area (Å²) in [4.78, 5) is 2.59. The lowest BCUT2D eigenvalue weighted by molar-refractivity contribution is 0.230. The summed E-state index contributed by atoms with van der Waals surface area (Å²) in [6.07, 6.45) is 5.50. The van der Waals surface area contributed by atoms with Crippen LogP contribution in [0.15, 0.2) is 0 Å². The second kappa shape index (κ2) is 3.55. The first-order valence-corrected chi connectivity index (χ1v) is 4.77. The van der Waals surface area contributed by atoms with Gasteiger partial charge in [-0.1, -0.05) is 0 Å². The van der Waals surface area contributed by atoms with Gasteiger partial charge in [0.05, 0.1) is 0 Å². The maximum atomic E-state index is 3.43. The highest BCUT2D eigenvalue weighted by Gasteiger charge is 2.25. The molecule has 0 unspecified atom stereocenters. The van der Waals surface area contributed by atoms with Crippen molar-refractivity contribution in [3.63, 3.8) is 0 Å². The highest BCUT2D eigenvalue weighted by molar-refractivity contribution is 4.98. The van der Waals surface area contributed by atoms with E-state index in [1.54, 1.807) is 6.04 Å². The number of nitrogens with zero attached hydrogens (tertiary/aromatic N) is 1. The summed E-state index contributed by atoms with van der Waals surface area (Å²) in [7, 11) is 0. The van der Waals surface area contributed by atoms with E-state index in [4.69, 9.17) is 0 Å². The molecule has 0 aromatic rings. The quantitative estimate of drug-likeness (QED) is 0.604. The van der Waals surface area contributed by atoms with Crippen molar-refractivity contribution in [2.75, 3.05) is 26.2 Å². The first kappa shape index (κ1) is 7.56. The van der Waals surface area contributed by atoms with Crippen molar-refractivity contribution < 1.29 is 0 Å². The minimum Gasteiger partial charge on any atom is -0.315 e. The average Bonchev–Trinajstić information content (AvgIpc) is 2.12. The Bertz CT molecular complexity index is 113. The van der Waals surface area contributed by atoms with E-state index in [1.807, 2.05) is 0 Å². The topological polar surface area (TPSA) is 15.3 Å². The Hall–Kier alpha value is -0.0800. The van der Waals surface area contributed by atoms with Crippen molar-refractivity contribution in [2.45, 2.75) is 25.7 Å². The normalized spacial score (nSPS) is 29.5. The van der Waals surface area contributed by atoms with Gasteiger partial charge in [-0.25, -0.2) is 0 Å². The van der Waals surface area contributed by atoms with Gasteiger partial charge >= 0.3 is 0 Å². The first-order valence-electron chi connectivity index (χ1n) is 4.77. The van der Waals surface area contributed by atoms with Crippen LogP contribution in [-0.2, 0) is 0 Å². The third-order valence-electron chi connectivity index (χ3n) is 2.72. The second-order valence-electron chi connectivity index (χ2n) is 3.51. The number of hydrogen-bond acceptors (Lipinski definition) is 2. The third kappa shape index (κ3) is 1.74. The van der Waals surface area contributed by atoms with Crippen LogP contribution < -0.4 is 5.32 Å². The molecule has 2 nitrogen and oxygen atoms in total. The largest absolute Gasteiger partial charge is 0.315 e. The highest BCUT2D eigenvalue weighted by Crippen LogP contribution is 2.32. The van der Waals surface area contributed by atoms with Crippen LogP contribution in [0.4, 0.5) is 0 Å². The Morgan fingerprint density at radius 2 is 1.91 bits per heavy atom. The molecule has 2 aliphatic rings. The molecule has 1 aliphatic carbocycles. The summed E-state index contributed by atoms with van der Waals surface area (Å²) in [6.45, 7) is 4.94. The molecule has 0 aromatic heterocycles. The smallest absolute Gasteiger partial charge is 0.0393 e. The van der Waals surface area contributed by atoms with Crippen molar-refractivity contribution in [3.05, 3.63) is 6.04 Å². The van der Waals surface area contributed by atoms with E-state index in [9.17, 15) is 0 Å². The molecule has 0 bridgehead atoms. The molecule has 1 saturated carbocycles. The lowest BCUT2D eigenvalue weighted by Crippen LogP contribution is -2.35. The molecule has 1 aliphatic heterocycles. The monoisotopic (exact) mass is 153 g/mol.